The summed E-state index contributed by atoms with van der Waals surface area (Å²) in [7, 11) is 1.69. The van der Waals surface area contributed by atoms with Crippen LogP contribution in [0.1, 0.15) is 35.3 Å². The zero-order valence-corrected chi connectivity index (χ0v) is 17.6. The number of benzene rings is 1. The van der Waals surface area contributed by atoms with Gasteiger partial charge in [0.2, 0.25) is 0 Å². The van der Waals surface area contributed by atoms with Crippen molar-refractivity contribution in [2.24, 2.45) is 5.73 Å². The number of likely N-dealkylation sites (tertiary alicyclic amines) is 1. The first-order chi connectivity index (χ1) is 14.8. The molecule has 2 fully saturated rings. The molecule has 0 radical (unpaired) electrons. The Morgan fingerprint density at radius 1 is 1.35 bits per heavy atom. The summed E-state index contributed by atoms with van der Waals surface area (Å²) >= 11 is 0. The van der Waals surface area contributed by atoms with Crippen molar-refractivity contribution in [2.45, 2.75) is 37.3 Å². The molecule has 0 bridgehead atoms. The maximum atomic E-state index is 12.3. The molecule has 3 heterocycles. The number of carbonyl (C=O) groups is 2. The highest BCUT2D eigenvalue weighted by Gasteiger charge is 2.43. The van der Waals surface area contributed by atoms with Gasteiger partial charge in [0.15, 0.2) is 5.82 Å². The molecule has 1 aromatic carbocycles. The van der Waals surface area contributed by atoms with Gasteiger partial charge in [0.25, 0.3) is 11.8 Å². The summed E-state index contributed by atoms with van der Waals surface area (Å²) in [5, 5.41) is 10.8. The first-order valence-electron chi connectivity index (χ1n) is 10.4. The van der Waals surface area contributed by atoms with Crippen LogP contribution in [0.3, 0.4) is 0 Å². The molecular formula is C23H27N5O3. The van der Waals surface area contributed by atoms with E-state index in [4.69, 9.17) is 10.7 Å². The molecule has 2 unspecified atom stereocenters. The Bertz CT molecular complexity index is 1040. The number of hydrogen-bond acceptors (Lipinski definition) is 6. The van der Waals surface area contributed by atoms with Gasteiger partial charge in [-0.1, -0.05) is 24.3 Å². The lowest BCUT2D eigenvalue weighted by Gasteiger charge is -2.41. The SMILES string of the molecule is C=CCC1CCN1c1cc(C(N)=O)nc(-c2cccc(CC3(O)CCN(C)C3=O)c2)n1. The molecule has 162 valence electrons. The third-order valence-corrected chi connectivity index (χ3v) is 6.13. The third-order valence-electron chi connectivity index (χ3n) is 6.13. The second-order valence-corrected chi connectivity index (χ2v) is 8.34. The number of anilines is 1. The largest absolute Gasteiger partial charge is 0.380 e. The van der Waals surface area contributed by atoms with Crippen molar-refractivity contribution in [1.82, 2.24) is 14.9 Å². The number of nitrogens with two attached hydrogens (primary N) is 1. The molecule has 2 aliphatic heterocycles. The van der Waals surface area contributed by atoms with Crippen LogP contribution in [0.4, 0.5) is 5.82 Å². The molecule has 2 aromatic rings. The Morgan fingerprint density at radius 2 is 2.16 bits per heavy atom. The van der Waals surface area contributed by atoms with Crippen molar-refractivity contribution in [3.05, 3.63) is 54.2 Å². The predicted molar refractivity (Wildman–Crippen MR) is 117 cm³/mol. The molecule has 0 saturated carbocycles. The van der Waals surface area contributed by atoms with Crippen molar-refractivity contribution in [3.8, 4) is 11.4 Å². The molecule has 8 heteroatoms. The van der Waals surface area contributed by atoms with E-state index in [-0.39, 0.29) is 18.0 Å². The summed E-state index contributed by atoms with van der Waals surface area (Å²) in [6, 6.07) is 9.32. The third kappa shape index (κ3) is 4.03. The van der Waals surface area contributed by atoms with Crippen LogP contribution in [-0.2, 0) is 11.2 Å². The molecule has 2 atom stereocenters. The van der Waals surface area contributed by atoms with Crippen LogP contribution >= 0.6 is 0 Å². The summed E-state index contributed by atoms with van der Waals surface area (Å²) in [5.41, 5.74) is 5.78. The van der Waals surface area contributed by atoms with Crippen molar-refractivity contribution >= 4 is 17.6 Å². The average molecular weight is 422 g/mol. The number of amides is 2. The van der Waals surface area contributed by atoms with E-state index in [1.807, 2.05) is 30.3 Å². The van der Waals surface area contributed by atoms with Crippen LogP contribution in [0.2, 0.25) is 0 Å². The van der Waals surface area contributed by atoms with Gasteiger partial charge in [-0.3, -0.25) is 9.59 Å². The van der Waals surface area contributed by atoms with Crippen LogP contribution in [0.5, 0.6) is 0 Å². The van der Waals surface area contributed by atoms with Crippen LogP contribution in [-0.4, -0.2) is 63.6 Å². The van der Waals surface area contributed by atoms with E-state index in [1.165, 1.54) is 0 Å². The van der Waals surface area contributed by atoms with Gasteiger partial charge in [0, 0.05) is 50.7 Å². The van der Waals surface area contributed by atoms with Crippen LogP contribution in [0, 0.1) is 0 Å². The summed E-state index contributed by atoms with van der Waals surface area (Å²) in [4.78, 5) is 37.0. The molecule has 4 rings (SSSR count). The maximum Gasteiger partial charge on any atom is 0.267 e. The van der Waals surface area contributed by atoms with Crippen molar-refractivity contribution < 1.29 is 14.7 Å². The van der Waals surface area contributed by atoms with Gasteiger partial charge in [-0.2, -0.15) is 0 Å². The molecule has 8 nitrogen and oxygen atoms in total. The number of primary amides is 1. The highest BCUT2D eigenvalue weighted by Crippen LogP contribution is 2.31. The molecule has 1 aromatic heterocycles. The van der Waals surface area contributed by atoms with Crippen LogP contribution in [0.15, 0.2) is 43.0 Å². The Balaban J connectivity index is 1.66. The van der Waals surface area contributed by atoms with E-state index in [2.05, 4.69) is 16.5 Å². The molecule has 0 spiro atoms. The molecular weight excluding hydrogens is 394 g/mol. The van der Waals surface area contributed by atoms with Crippen molar-refractivity contribution in [2.75, 3.05) is 25.0 Å². The summed E-state index contributed by atoms with van der Waals surface area (Å²) in [6.07, 6.45) is 4.35. The topological polar surface area (TPSA) is 113 Å². The van der Waals surface area contributed by atoms with Gasteiger partial charge in [0.05, 0.1) is 0 Å². The molecule has 2 saturated heterocycles. The molecule has 31 heavy (non-hydrogen) atoms. The smallest absolute Gasteiger partial charge is 0.267 e. The van der Waals surface area contributed by atoms with Crippen LogP contribution < -0.4 is 10.6 Å². The fourth-order valence-corrected chi connectivity index (χ4v) is 4.26. The first-order valence-corrected chi connectivity index (χ1v) is 10.4. The fourth-order valence-electron chi connectivity index (χ4n) is 4.26. The van der Waals surface area contributed by atoms with Crippen molar-refractivity contribution in [3.63, 3.8) is 0 Å². The lowest BCUT2D eigenvalue weighted by Crippen LogP contribution is -2.48. The fraction of sp³-hybridized carbons (Fsp3) is 0.391. The normalized spacial score (nSPS) is 23.0. The highest BCUT2D eigenvalue weighted by molar-refractivity contribution is 5.92. The molecule has 3 N–H and O–H groups in total. The molecule has 2 amide bonds. The van der Waals surface area contributed by atoms with Gasteiger partial charge in [-0.05, 0) is 24.5 Å². The van der Waals surface area contributed by atoms with Crippen molar-refractivity contribution in [1.29, 1.82) is 0 Å². The summed E-state index contributed by atoms with van der Waals surface area (Å²) < 4.78 is 0. The Kier molecular flexibility index (Phi) is 5.49. The zero-order chi connectivity index (χ0) is 22.2. The Morgan fingerprint density at radius 3 is 2.77 bits per heavy atom. The standard InChI is InChI=1S/C23H27N5O3/c1-3-5-17-8-10-28(17)19-13-18(20(24)29)25-21(26-19)16-7-4-6-15(12-16)14-23(31)9-11-27(2)22(23)30/h3-4,6-7,12-13,17,31H,1,5,8-11,14H2,2H3,(H2,24,29). The number of aromatic nitrogens is 2. The van der Waals surface area contributed by atoms with E-state index in [0.717, 1.165) is 24.9 Å². The monoisotopic (exact) mass is 421 g/mol. The van der Waals surface area contributed by atoms with Gasteiger partial charge in [-0.15, -0.1) is 6.58 Å². The second kappa shape index (κ2) is 8.11. The molecule has 0 aliphatic carbocycles. The minimum Gasteiger partial charge on any atom is -0.380 e. The second-order valence-electron chi connectivity index (χ2n) is 8.34. The lowest BCUT2D eigenvalue weighted by atomic mass is 9.92. The van der Waals surface area contributed by atoms with E-state index in [0.29, 0.717) is 36.2 Å². The van der Waals surface area contributed by atoms with E-state index in [9.17, 15) is 14.7 Å². The van der Waals surface area contributed by atoms with E-state index >= 15 is 0 Å². The number of carbonyl (C=O) groups excluding carboxylic acids is 2. The highest BCUT2D eigenvalue weighted by atomic mass is 16.3. The number of aliphatic hydroxyl groups is 1. The predicted octanol–water partition coefficient (Wildman–Crippen LogP) is 1.53. The Labute approximate surface area is 181 Å². The minimum absolute atomic E-state index is 0.154. The first kappa shape index (κ1) is 21.0. The average Bonchev–Trinajstić information content (AvgIpc) is 2.98. The minimum atomic E-state index is -1.40. The zero-order valence-electron chi connectivity index (χ0n) is 17.6. The van der Waals surface area contributed by atoms with E-state index in [1.54, 1.807) is 18.0 Å². The lowest BCUT2D eigenvalue weighted by molar-refractivity contribution is -0.142. The number of rotatable bonds is 7. The quantitative estimate of drug-likeness (QED) is 0.656. The number of likely N-dealkylation sites (N-methyl/N-ethyl adjacent to an activating group) is 1. The van der Waals surface area contributed by atoms with Gasteiger partial charge < -0.3 is 20.6 Å². The van der Waals surface area contributed by atoms with Crippen LogP contribution in [0.25, 0.3) is 11.4 Å². The van der Waals surface area contributed by atoms with Gasteiger partial charge in [0.1, 0.15) is 17.1 Å². The summed E-state index contributed by atoms with van der Waals surface area (Å²) in [6.45, 7) is 5.18. The van der Waals surface area contributed by atoms with E-state index < -0.39 is 11.5 Å². The number of nitrogens with zero attached hydrogens (tertiary/aromatic N) is 4. The van der Waals surface area contributed by atoms with Gasteiger partial charge >= 0.3 is 0 Å². The number of hydrogen-bond donors (Lipinski definition) is 2. The summed E-state index contributed by atoms with van der Waals surface area (Å²) in [5.74, 6) is 0.168. The molecule has 2 aliphatic rings. The maximum absolute atomic E-state index is 12.3. The Hall–Kier alpha value is -3.26. The van der Waals surface area contributed by atoms with Gasteiger partial charge in [-0.25, -0.2) is 9.97 Å².